The van der Waals surface area contributed by atoms with Gasteiger partial charge >= 0.3 is 6.03 Å². The number of nitrogens with one attached hydrogen (secondary N) is 2. The molecule has 0 bridgehead atoms. The van der Waals surface area contributed by atoms with Crippen LogP contribution in [0.4, 0.5) is 4.79 Å². The Labute approximate surface area is 125 Å². The van der Waals surface area contributed by atoms with E-state index in [0.29, 0.717) is 13.1 Å². The second kappa shape index (κ2) is 8.17. The zero-order valence-corrected chi connectivity index (χ0v) is 13.2. The lowest BCUT2D eigenvalue weighted by Gasteiger charge is -2.17. The lowest BCUT2D eigenvalue weighted by atomic mass is 10.1. The Morgan fingerprint density at radius 1 is 1.20 bits per heavy atom. The normalized spacial score (nSPS) is 11.2. The van der Waals surface area contributed by atoms with Gasteiger partial charge in [0, 0.05) is 23.6 Å². The van der Waals surface area contributed by atoms with E-state index in [4.69, 9.17) is 0 Å². The van der Waals surface area contributed by atoms with E-state index in [1.807, 2.05) is 36.0 Å². The second-order valence-corrected chi connectivity index (χ2v) is 7.42. The van der Waals surface area contributed by atoms with Crippen molar-refractivity contribution in [2.24, 2.45) is 0 Å². The van der Waals surface area contributed by atoms with E-state index in [1.165, 1.54) is 0 Å². The molecule has 0 saturated carbocycles. The van der Waals surface area contributed by atoms with Crippen molar-refractivity contribution in [3.63, 3.8) is 0 Å². The molecule has 1 aromatic carbocycles. The molecule has 5 heteroatoms. The SMILES string of the molecule is CC(C)(C)SCCNC(=O)NCc1ccccc1CO. The third-order valence-electron chi connectivity index (χ3n) is 2.65. The van der Waals surface area contributed by atoms with Crippen molar-refractivity contribution >= 4 is 17.8 Å². The number of thioether (sulfide) groups is 1. The van der Waals surface area contributed by atoms with Crippen molar-refractivity contribution in [1.82, 2.24) is 10.6 Å². The second-order valence-electron chi connectivity index (χ2n) is 5.50. The van der Waals surface area contributed by atoms with Crippen LogP contribution in [-0.4, -0.2) is 28.2 Å². The molecule has 0 aliphatic rings. The summed E-state index contributed by atoms with van der Waals surface area (Å²) in [6, 6.07) is 7.36. The van der Waals surface area contributed by atoms with Gasteiger partial charge < -0.3 is 15.7 Å². The Morgan fingerprint density at radius 3 is 2.45 bits per heavy atom. The van der Waals surface area contributed by atoms with Gasteiger partial charge in [-0.15, -0.1) is 0 Å². The molecule has 4 nitrogen and oxygen atoms in total. The fraction of sp³-hybridized carbons (Fsp3) is 0.533. The van der Waals surface area contributed by atoms with Crippen LogP contribution in [0.2, 0.25) is 0 Å². The molecular formula is C15H24N2O2S. The highest BCUT2D eigenvalue weighted by Gasteiger charge is 2.10. The summed E-state index contributed by atoms with van der Waals surface area (Å²) >= 11 is 1.82. The van der Waals surface area contributed by atoms with E-state index in [-0.39, 0.29) is 17.4 Å². The van der Waals surface area contributed by atoms with Gasteiger partial charge in [-0.3, -0.25) is 0 Å². The predicted octanol–water partition coefficient (Wildman–Crippen LogP) is 2.51. The third kappa shape index (κ3) is 6.82. The first-order valence-electron chi connectivity index (χ1n) is 6.75. The smallest absolute Gasteiger partial charge is 0.315 e. The fourth-order valence-electron chi connectivity index (χ4n) is 1.64. The molecule has 20 heavy (non-hydrogen) atoms. The molecule has 0 aliphatic heterocycles. The van der Waals surface area contributed by atoms with E-state index >= 15 is 0 Å². The molecule has 1 aromatic rings. The minimum absolute atomic E-state index is 0.0122. The largest absolute Gasteiger partial charge is 0.392 e. The first kappa shape index (κ1) is 16.9. The highest BCUT2D eigenvalue weighted by molar-refractivity contribution is 8.00. The van der Waals surface area contributed by atoms with Crippen LogP contribution in [0.15, 0.2) is 24.3 Å². The van der Waals surface area contributed by atoms with Crippen molar-refractivity contribution in [3.05, 3.63) is 35.4 Å². The van der Waals surface area contributed by atoms with Crippen LogP contribution in [0.3, 0.4) is 0 Å². The number of amides is 2. The predicted molar refractivity (Wildman–Crippen MR) is 84.8 cm³/mol. The summed E-state index contributed by atoms with van der Waals surface area (Å²) in [7, 11) is 0. The first-order chi connectivity index (χ1) is 9.42. The minimum atomic E-state index is -0.174. The lowest BCUT2D eigenvalue weighted by Crippen LogP contribution is -2.36. The number of carbonyl (C=O) groups excluding carboxylic acids is 1. The van der Waals surface area contributed by atoms with Crippen molar-refractivity contribution in [2.45, 2.75) is 38.7 Å². The number of urea groups is 1. The van der Waals surface area contributed by atoms with Crippen LogP contribution in [-0.2, 0) is 13.2 Å². The molecule has 0 atom stereocenters. The van der Waals surface area contributed by atoms with Gasteiger partial charge in [0.1, 0.15) is 0 Å². The molecule has 0 heterocycles. The monoisotopic (exact) mass is 296 g/mol. The average molecular weight is 296 g/mol. The summed E-state index contributed by atoms with van der Waals surface area (Å²) in [5, 5.41) is 14.8. The van der Waals surface area contributed by atoms with E-state index in [9.17, 15) is 9.90 Å². The molecule has 0 fully saturated rings. The van der Waals surface area contributed by atoms with Crippen molar-refractivity contribution in [3.8, 4) is 0 Å². The van der Waals surface area contributed by atoms with E-state index in [0.717, 1.165) is 16.9 Å². The standard InChI is InChI=1S/C15H24N2O2S/c1-15(2,3)20-9-8-16-14(19)17-10-12-6-4-5-7-13(12)11-18/h4-7,18H,8-11H2,1-3H3,(H2,16,17,19). The molecule has 0 unspecified atom stereocenters. The Hall–Kier alpha value is -1.20. The van der Waals surface area contributed by atoms with Gasteiger partial charge in [0.05, 0.1) is 6.61 Å². The maximum atomic E-state index is 11.6. The number of aliphatic hydroxyl groups is 1. The maximum absolute atomic E-state index is 11.6. The zero-order chi connectivity index (χ0) is 15.0. The number of hydrogen-bond acceptors (Lipinski definition) is 3. The molecule has 0 radical (unpaired) electrons. The van der Waals surface area contributed by atoms with Crippen LogP contribution >= 0.6 is 11.8 Å². The molecule has 0 aromatic heterocycles. The average Bonchev–Trinajstić information content (AvgIpc) is 2.40. The number of benzene rings is 1. The summed E-state index contributed by atoms with van der Waals surface area (Å²) < 4.78 is 0.220. The molecule has 1 rings (SSSR count). The molecule has 0 aliphatic carbocycles. The summed E-state index contributed by atoms with van der Waals surface area (Å²) in [6.07, 6.45) is 0. The Kier molecular flexibility index (Phi) is 6.88. The lowest BCUT2D eigenvalue weighted by molar-refractivity contribution is 0.240. The topological polar surface area (TPSA) is 61.4 Å². The van der Waals surface area contributed by atoms with Crippen molar-refractivity contribution in [2.75, 3.05) is 12.3 Å². The van der Waals surface area contributed by atoms with Gasteiger partial charge in [0.25, 0.3) is 0 Å². The number of carbonyl (C=O) groups is 1. The Balaban J connectivity index is 2.26. The van der Waals surface area contributed by atoms with Crippen LogP contribution in [0, 0.1) is 0 Å². The Bertz CT molecular complexity index is 430. The van der Waals surface area contributed by atoms with Gasteiger partial charge in [0.2, 0.25) is 0 Å². The summed E-state index contributed by atoms with van der Waals surface area (Å²) in [5.41, 5.74) is 1.78. The van der Waals surface area contributed by atoms with Crippen LogP contribution < -0.4 is 10.6 Å². The van der Waals surface area contributed by atoms with E-state index in [1.54, 1.807) is 0 Å². The van der Waals surface area contributed by atoms with E-state index < -0.39 is 0 Å². The highest BCUT2D eigenvalue weighted by atomic mass is 32.2. The van der Waals surface area contributed by atoms with Crippen LogP contribution in [0.1, 0.15) is 31.9 Å². The number of hydrogen-bond donors (Lipinski definition) is 3. The molecule has 0 spiro atoms. The molecular weight excluding hydrogens is 272 g/mol. The van der Waals surface area contributed by atoms with Gasteiger partial charge in [0.15, 0.2) is 0 Å². The van der Waals surface area contributed by atoms with Crippen LogP contribution in [0.25, 0.3) is 0 Å². The minimum Gasteiger partial charge on any atom is -0.392 e. The molecule has 0 saturated heterocycles. The van der Waals surface area contributed by atoms with Crippen molar-refractivity contribution in [1.29, 1.82) is 0 Å². The number of aliphatic hydroxyl groups excluding tert-OH is 1. The maximum Gasteiger partial charge on any atom is 0.315 e. The quantitative estimate of drug-likeness (QED) is 0.707. The van der Waals surface area contributed by atoms with Gasteiger partial charge in [-0.05, 0) is 11.1 Å². The summed E-state index contributed by atoms with van der Waals surface area (Å²) in [4.78, 5) is 11.6. The fourth-order valence-corrected chi connectivity index (χ4v) is 2.46. The van der Waals surface area contributed by atoms with Gasteiger partial charge in [-0.25, -0.2) is 4.79 Å². The molecule has 2 amide bonds. The third-order valence-corrected chi connectivity index (χ3v) is 3.93. The number of rotatable bonds is 6. The summed E-state index contributed by atoms with van der Waals surface area (Å²) in [5.74, 6) is 0.893. The molecule has 112 valence electrons. The van der Waals surface area contributed by atoms with Crippen LogP contribution in [0.5, 0.6) is 0 Å². The van der Waals surface area contributed by atoms with Crippen molar-refractivity contribution < 1.29 is 9.90 Å². The zero-order valence-electron chi connectivity index (χ0n) is 12.4. The van der Waals surface area contributed by atoms with Gasteiger partial charge in [-0.2, -0.15) is 11.8 Å². The molecule has 3 N–H and O–H groups in total. The van der Waals surface area contributed by atoms with Gasteiger partial charge in [-0.1, -0.05) is 45.0 Å². The highest BCUT2D eigenvalue weighted by Crippen LogP contribution is 2.21. The van der Waals surface area contributed by atoms with E-state index in [2.05, 4.69) is 31.4 Å². The Morgan fingerprint density at radius 2 is 1.85 bits per heavy atom. The summed E-state index contributed by atoms with van der Waals surface area (Å²) in [6.45, 7) is 7.53. The first-order valence-corrected chi connectivity index (χ1v) is 7.74.